The summed E-state index contributed by atoms with van der Waals surface area (Å²) in [5.41, 5.74) is 2.27. The first-order chi connectivity index (χ1) is 10.2. The minimum absolute atomic E-state index is 0.349. The number of nitrogens with zero attached hydrogens (tertiary/aromatic N) is 3. The van der Waals surface area contributed by atoms with Crippen molar-refractivity contribution in [2.24, 2.45) is 0 Å². The third kappa shape index (κ3) is 4.08. The van der Waals surface area contributed by atoms with Crippen LogP contribution in [-0.4, -0.2) is 27.5 Å². The van der Waals surface area contributed by atoms with Gasteiger partial charge >= 0.3 is 5.97 Å². The van der Waals surface area contributed by atoms with Crippen LogP contribution in [0.3, 0.4) is 0 Å². The van der Waals surface area contributed by atoms with Crippen molar-refractivity contribution >= 4 is 5.97 Å². The van der Waals surface area contributed by atoms with E-state index in [1.165, 1.54) is 0 Å². The van der Waals surface area contributed by atoms with Gasteiger partial charge in [0.05, 0.1) is 17.9 Å². The highest BCUT2D eigenvalue weighted by Gasteiger charge is 2.15. The summed E-state index contributed by atoms with van der Waals surface area (Å²) in [5, 5.41) is 0. The van der Waals surface area contributed by atoms with E-state index in [-0.39, 0.29) is 5.97 Å². The molecule has 0 aromatic carbocycles. The number of ether oxygens (including phenoxy) is 1. The summed E-state index contributed by atoms with van der Waals surface area (Å²) in [6.45, 7) is 4.19. The topological polar surface area (TPSA) is 65.0 Å². The molecule has 0 bridgehead atoms. The SMILES string of the molecule is CCCc1nc(Cc2cccnc2)ncc1C(=O)OCC. The van der Waals surface area contributed by atoms with Crippen molar-refractivity contribution in [3.63, 3.8) is 0 Å². The Morgan fingerprint density at radius 3 is 2.81 bits per heavy atom. The second-order valence-corrected chi connectivity index (χ2v) is 4.66. The van der Waals surface area contributed by atoms with Gasteiger partial charge in [0.2, 0.25) is 0 Å². The Balaban J connectivity index is 2.25. The van der Waals surface area contributed by atoms with Gasteiger partial charge in [0.25, 0.3) is 0 Å². The van der Waals surface area contributed by atoms with Gasteiger partial charge in [0, 0.05) is 25.0 Å². The number of pyridine rings is 1. The van der Waals surface area contributed by atoms with Gasteiger partial charge in [-0.05, 0) is 25.0 Å². The molecule has 0 N–H and O–H groups in total. The van der Waals surface area contributed by atoms with Crippen LogP contribution in [0.4, 0.5) is 0 Å². The lowest BCUT2D eigenvalue weighted by Gasteiger charge is -2.09. The zero-order valence-electron chi connectivity index (χ0n) is 12.4. The van der Waals surface area contributed by atoms with Crippen LogP contribution in [0.2, 0.25) is 0 Å². The fourth-order valence-corrected chi connectivity index (χ4v) is 2.04. The standard InChI is InChI=1S/C16H19N3O2/c1-3-6-14-13(16(20)21-4-2)11-18-15(19-14)9-12-7-5-8-17-10-12/h5,7-8,10-11H,3-4,6,9H2,1-2H3. The van der Waals surface area contributed by atoms with Gasteiger partial charge in [-0.25, -0.2) is 14.8 Å². The van der Waals surface area contributed by atoms with Gasteiger partial charge in [0.1, 0.15) is 5.82 Å². The molecule has 0 aliphatic carbocycles. The van der Waals surface area contributed by atoms with E-state index in [9.17, 15) is 4.79 Å². The first kappa shape index (κ1) is 15.1. The van der Waals surface area contributed by atoms with Gasteiger partial charge in [0.15, 0.2) is 0 Å². The molecule has 0 radical (unpaired) electrons. The molecule has 0 atom stereocenters. The van der Waals surface area contributed by atoms with Crippen LogP contribution in [0, 0.1) is 0 Å². The molecule has 0 unspecified atom stereocenters. The van der Waals surface area contributed by atoms with E-state index >= 15 is 0 Å². The first-order valence-corrected chi connectivity index (χ1v) is 7.15. The predicted octanol–water partition coefficient (Wildman–Crippen LogP) is 2.59. The first-order valence-electron chi connectivity index (χ1n) is 7.15. The fraction of sp³-hybridized carbons (Fsp3) is 0.375. The summed E-state index contributed by atoms with van der Waals surface area (Å²) in [4.78, 5) is 24.8. The zero-order valence-corrected chi connectivity index (χ0v) is 12.4. The largest absolute Gasteiger partial charge is 0.462 e. The molecule has 0 amide bonds. The second-order valence-electron chi connectivity index (χ2n) is 4.66. The molecule has 2 rings (SSSR count). The Hall–Kier alpha value is -2.30. The number of esters is 1. The molecular weight excluding hydrogens is 266 g/mol. The molecule has 21 heavy (non-hydrogen) atoms. The number of hydrogen-bond donors (Lipinski definition) is 0. The Morgan fingerprint density at radius 1 is 1.29 bits per heavy atom. The van der Waals surface area contributed by atoms with E-state index in [4.69, 9.17) is 4.74 Å². The Morgan fingerprint density at radius 2 is 2.14 bits per heavy atom. The lowest BCUT2D eigenvalue weighted by atomic mass is 10.1. The second kappa shape index (κ2) is 7.47. The van der Waals surface area contributed by atoms with Gasteiger partial charge in [-0.3, -0.25) is 4.98 Å². The van der Waals surface area contributed by atoms with E-state index in [0.29, 0.717) is 24.4 Å². The molecule has 0 aliphatic rings. The van der Waals surface area contributed by atoms with Crippen LogP contribution in [-0.2, 0) is 17.6 Å². The van der Waals surface area contributed by atoms with Crippen molar-refractivity contribution in [2.45, 2.75) is 33.1 Å². The van der Waals surface area contributed by atoms with Crippen molar-refractivity contribution < 1.29 is 9.53 Å². The fourth-order valence-electron chi connectivity index (χ4n) is 2.04. The van der Waals surface area contributed by atoms with Crippen LogP contribution >= 0.6 is 0 Å². The number of rotatable bonds is 6. The number of carbonyl (C=O) groups is 1. The molecule has 5 heteroatoms. The van der Waals surface area contributed by atoms with Crippen LogP contribution in [0.1, 0.15) is 47.7 Å². The van der Waals surface area contributed by atoms with Crippen LogP contribution in [0.25, 0.3) is 0 Å². The molecule has 0 spiro atoms. The summed E-state index contributed by atoms with van der Waals surface area (Å²) >= 11 is 0. The highest BCUT2D eigenvalue weighted by molar-refractivity contribution is 5.90. The molecule has 110 valence electrons. The lowest BCUT2D eigenvalue weighted by Crippen LogP contribution is -2.12. The Bertz CT molecular complexity index is 600. The predicted molar refractivity (Wildman–Crippen MR) is 79.0 cm³/mol. The van der Waals surface area contributed by atoms with E-state index in [0.717, 1.165) is 24.1 Å². The number of aromatic nitrogens is 3. The maximum Gasteiger partial charge on any atom is 0.341 e. The average molecular weight is 285 g/mol. The zero-order chi connectivity index (χ0) is 15.1. The molecule has 2 heterocycles. The van der Waals surface area contributed by atoms with E-state index in [1.807, 2.05) is 12.1 Å². The van der Waals surface area contributed by atoms with Crippen molar-refractivity contribution in [1.82, 2.24) is 15.0 Å². The summed E-state index contributed by atoms with van der Waals surface area (Å²) < 4.78 is 5.04. The Labute approximate surface area is 124 Å². The minimum Gasteiger partial charge on any atom is -0.462 e. The third-order valence-electron chi connectivity index (χ3n) is 2.98. The van der Waals surface area contributed by atoms with E-state index < -0.39 is 0 Å². The number of carbonyl (C=O) groups excluding carboxylic acids is 1. The molecule has 2 aromatic heterocycles. The number of hydrogen-bond acceptors (Lipinski definition) is 5. The minimum atomic E-state index is -0.353. The summed E-state index contributed by atoms with van der Waals surface area (Å²) in [6, 6.07) is 3.87. The van der Waals surface area contributed by atoms with Crippen molar-refractivity contribution in [1.29, 1.82) is 0 Å². The van der Waals surface area contributed by atoms with Crippen LogP contribution < -0.4 is 0 Å². The molecule has 0 saturated heterocycles. The maximum atomic E-state index is 11.9. The normalized spacial score (nSPS) is 10.4. The maximum absolute atomic E-state index is 11.9. The highest BCUT2D eigenvalue weighted by Crippen LogP contribution is 2.12. The smallest absolute Gasteiger partial charge is 0.341 e. The van der Waals surface area contributed by atoms with Gasteiger partial charge in [-0.15, -0.1) is 0 Å². The molecule has 0 fully saturated rings. The quantitative estimate of drug-likeness (QED) is 0.763. The summed E-state index contributed by atoms with van der Waals surface area (Å²) in [7, 11) is 0. The van der Waals surface area contributed by atoms with Crippen LogP contribution in [0.5, 0.6) is 0 Å². The molecule has 2 aromatic rings. The summed E-state index contributed by atoms with van der Waals surface area (Å²) in [5.74, 6) is 0.341. The highest BCUT2D eigenvalue weighted by atomic mass is 16.5. The van der Waals surface area contributed by atoms with Gasteiger partial charge in [-0.2, -0.15) is 0 Å². The van der Waals surface area contributed by atoms with Crippen LogP contribution in [0.15, 0.2) is 30.7 Å². The number of aryl methyl sites for hydroxylation is 1. The molecule has 0 aliphatic heterocycles. The van der Waals surface area contributed by atoms with Gasteiger partial charge < -0.3 is 4.74 Å². The molecule has 0 saturated carbocycles. The Kier molecular flexibility index (Phi) is 5.37. The third-order valence-corrected chi connectivity index (χ3v) is 2.98. The van der Waals surface area contributed by atoms with Crippen molar-refractivity contribution in [3.05, 3.63) is 53.4 Å². The van der Waals surface area contributed by atoms with Gasteiger partial charge in [-0.1, -0.05) is 19.4 Å². The summed E-state index contributed by atoms with van der Waals surface area (Å²) in [6.07, 6.45) is 7.35. The van der Waals surface area contributed by atoms with Crippen molar-refractivity contribution in [2.75, 3.05) is 6.61 Å². The monoisotopic (exact) mass is 285 g/mol. The van der Waals surface area contributed by atoms with E-state index in [1.54, 1.807) is 25.5 Å². The molecular formula is C16H19N3O2. The molecule has 5 nitrogen and oxygen atoms in total. The van der Waals surface area contributed by atoms with Crippen molar-refractivity contribution in [3.8, 4) is 0 Å². The van der Waals surface area contributed by atoms with E-state index in [2.05, 4.69) is 21.9 Å². The average Bonchev–Trinajstić information content (AvgIpc) is 2.49. The lowest BCUT2D eigenvalue weighted by molar-refractivity contribution is 0.0524.